The van der Waals surface area contributed by atoms with Gasteiger partial charge in [0, 0.05) is 42.0 Å². The molecule has 8 heteroatoms. The van der Waals surface area contributed by atoms with Crippen LogP contribution in [-0.2, 0) is 6.54 Å². The molecule has 0 radical (unpaired) electrons. The molecule has 0 spiro atoms. The first-order chi connectivity index (χ1) is 12.7. The summed E-state index contributed by atoms with van der Waals surface area (Å²) in [6, 6.07) is 5.12. The highest BCUT2D eigenvalue weighted by molar-refractivity contribution is 6.30. The van der Waals surface area contributed by atoms with Crippen molar-refractivity contribution in [3.05, 3.63) is 53.2 Å². The molecular weight excluding hydrogens is 354 g/mol. The number of nitrogens with zero attached hydrogens (tertiary/aromatic N) is 5. The van der Waals surface area contributed by atoms with Gasteiger partial charge in [0.25, 0.3) is 5.89 Å². The van der Waals surface area contributed by atoms with Crippen LogP contribution in [-0.4, -0.2) is 43.2 Å². The number of hydrogen-bond donors (Lipinski definition) is 1. The van der Waals surface area contributed by atoms with Gasteiger partial charge in [-0.15, -0.1) is 0 Å². The Bertz CT molecular complexity index is 886. The molecule has 134 valence electrons. The van der Waals surface area contributed by atoms with E-state index >= 15 is 0 Å². The summed E-state index contributed by atoms with van der Waals surface area (Å²) < 4.78 is 5.35. The highest BCUT2D eigenvalue weighted by Crippen LogP contribution is 2.29. The average molecular weight is 372 g/mol. The van der Waals surface area contributed by atoms with Crippen LogP contribution < -0.4 is 0 Å². The predicted molar refractivity (Wildman–Crippen MR) is 95.7 cm³/mol. The molecule has 1 aliphatic heterocycles. The molecule has 26 heavy (non-hydrogen) atoms. The number of phenols is 1. The van der Waals surface area contributed by atoms with Gasteiger partial charge < -0.3 is 9.63 Å². The lowest BCUT2D eigenvalue weighted by molar-refractivity contribution is 0.193. The summed E-state index contributed by atoms with van der Waals surface area (Å²) in [6.07, 6.45) is 6.83. The summed E-state index contributed by atoms with van der Waals surface area (Å²) in [6.45, 7) is 2.39. The van der Waals surface area contributed by atoms with Crippen molar-refractivity contribution in [1.82, 2.24) is 25.0 Å². The van der Waals surface area contributed by atoms with Gasteiger partial charge in [-0.05, 0) is 37.6 Å². The topological polar surface area (TPSA) is 88.2 Å². The van der Waals surface area contributed by atoms with Gasteiger partial charge in [0.1, 0.15) is 11.4 Å². The number of likely N-dealkylation sites (tertiary alicyclic amines) is 1. The Kier molecular flexibility index (Phi) is 4.81. The molecule has 0 saturated carbocycles. The molecule has 0 bridgehead atoms. The number of aromatic hydroxyl groups is 1. The molecule has 7 nitrogen and oxygen atoms in total. The number of hydrogen-bond acceptors (Lipinski definition) is 7. The van der Waals surface area contributed by atoms with E-state index in [4.69, 9.17) is 16.1 Å². The number of benzene rings is 1. The molecule has 1 aromatic carbocycles. The number of phenolic OH excluding ortho intramolecular Hbond substituents is 1. The lowest BCUT2D eigenvalue weighted by Crippen LogP contribution is -2.34. The van der Waals surface area contributed by atoms with Crippen molar-refractivity contribution in [3.63, 3.8) is 0 Å². The van der Waals surface area contributed by atoms with Crippen molar-refractivity contribution in [2.75, 3.05) is 13.1 Å². The lowest BCUT2D eigenvalue weighted by atomic mass is 9.97. The molecule has 0 aliphatic carbocycles. The van der Waals surface area contributed by atoms with E-state index in [1.54, 1.807) is 36.8 Å². The molecule has 3 heterocycles. The van der Waals surface area contributed by atoms with Crippen molar-refractivity contribution >= 4 is 11.6 Å². The van der Waals surface area contributed by atoms with Crippen LogP contribution in [0.5, 0.6) is 5.75 Å². The molecular formula is C18H18ClN5O2. The second-order valence-electron chi connectivity index (χ2n) is 6.40. The van der Waals surface area contributed by atoms with Crippen LogP contribution >= 0.6 is 11.6 Å². The fraction of sp³-hybridized carbons (Fsp3) is 0.333. The quantitative estimate of drug-likeness (QED) is 0.752. The standard InChI is InChI=1S/C18H18ClN5O2/c19-14-3-4-16(25)13(8-14)11-24-7-1-2-12(10-24)17-22-18(26-23-17)15-9-20-5-6-21-15/h3-6,8-9,12,25H,1-2,7,10-11H2/t12-/m1/s1. The largest absolute Gasteiger partial charge is 0.508 e. The van der Waals surface area contributed by atoms with Crippen molar-refractivity contribution in [2.45, 2.75) is 25.3 Å². The molecule has 2 aromatic heterocycles. The first kappa shape index (κ1) is 16.9. The molecule has 3 aromatic rings. The van der Waals surface area contributed by atoms with Crippen LogP contribution in [0.1, 0.15) is 30.1 Å². The maximum absolute atomic E-state index is 10.0. The Morgan fingerprint density at radius 1 is 1.31 bits per heavy atom. The zero-order chi connectivity index (χ0) is 17.9. The fourth-order valence-electron chi connectivity index (χ4n) is 3.25. The third-order valence-corrected chi connectivity index (χ3v) is 4.77. The van der Waals surface area contributed by atoms with Gasteiger partial charge in [0.2, 0.25) is 0 Å². The predicted octanol–water partition coefficient (Wildman–Crippen LogP) is 3.27. The highest BCUT2D eigenvalue weighted by atomic mass is 35.5. The van der Waals surface area contributed by atoms with Crippen molar-refractivity contribution in [1.29, 1.82) is 0 Å². The second kappa shape index (κ2) is 7.39. The van der Waals surface area contributed by atoms with Gasteiger partial charge in [-0.2, -0.15) is 4.98 Å². The first-order valence-electron chi connectivity index (χ1n) is 8.49. The molecule has 1 saturated heterocycles. The van der Waals surface area contributed by atoms with E-state index < -0.39 is 0 Å². The van der Waals surface area contributed by atoms with Gasteiger partial charge >= 0.3 is 0 Å². The minimum atomic E-state index is 0.180. The van der Waals surface area contributed by atoms with Gasteiger partial charge in [-0.25, -0.2) is 4.98 Å². The van der Waals surface area contributed by atoms with E-state index in [0.29, 0.717) is 29.0 Å². The number of piperidine rings is 1. The lowest BCUT2D eigenvalue weighted by Gasteiger charge is -2.31. The summed E-state index contributed by atoms with van der Waals surface area (Å²) in [5, 5.41) is 14.8. The van der Waals surface area contributed by atoms with Gasteiger partial charge in [-0.3, -0.25) is 9.88 Å². The normalized spacial score (nSPS) is 18.1. The maximum atomic E-state index is 10.0. The van der Waals surface area contributed by atoms with Crippen LogP contribution in [0.4, 0.5) is 0 Å². The van der Waals surface area contributed by atoms with Crippen LogP contribution in [0.15, 0.2) is 41.3 Å². The van der Waals surface area contributed by atoms with E-state index in [0.717, 1.165) is 31.5 Å². The zero-order valence-electron chi connectivity index (χ0n) is 14.0. The van der Waals surface area contributed by atoms with Crippen molar-refractivity contribution in [3.8, 4) is 17.3 Å². The summed E-state index contributed by atoms with van der Waals surface area (Å²) in [5.74, 6) is 1.52. The van der Waals surface area contributed by atoms with Crippen LogP contribution in [0.2, 0.25) is 5.02 Å². The summed E-state index contributed by atoms with van der Waals surface area (Å²) in [5.41, 5.74) is 1.40. The summed E-state index contributed by atoms with van der Waals surface area (Å²) >= 11 is 6.05. The molecule has 0 unspecified atom stereocenters. The van der Waals surface area contributed by atoms with Gasteiger partial charge in [0.05, 0.1) is 6.20 Å². The van der Waals surface area contributed by atoms with Crippen LogP contribution in [0.25, 0.3) is 11.6 Å². The smallest absolute Gasteiger partial charge is 0.278 e. The van der Waals surface area contributed by atoms with Gasteiger partial charge in [0.15, 0.2) is 5.82 Å². The Morgan fingerprint density at radius 2 is 2.23 bits per heavy atom. The van der Waals surface area contributed by atoms with Crippen LogP contribution in [0.3, 0.4) is 0 Å². The molecule has 0 amide bonds. The summed E-state index contributed by atoms with van der Waals surface area (Å²) in [7, 11) is 0. The molecule has 1 N–H and O–H groups in total. The van der Waals surface area contributed by atoms with E-state index in [2.05, 4.69) is 25.0 Å². The Balaban J connectivity index is 1.47. The van der Waals surface area contributed by atoms with E-state index in [1.165, 1.54) is 0 Å². The monoisotopic (exact) mass is 371 g/mol. The Morgan fingerprint density at radius 3 is 3.08 bits per heavy atom. The van der Waals surface area contributed by atoms with Crippen molar-refractivity contribution < 1.29 is 9.63 Å². The molecule has 4 rings (SSSR count). The van der Waals surface area contributed by atoms with Crippen LogP contribution in [0, 0.1) is 0 Å². The molecule has 1 fully saturated rings. The first-order valence-corrected chi connectivity index (χ1v) is 8.86. The Labute approximate surface area is 155 Å². The summed E-state index contributed by atoms with van der Waals surface area (Å²) in [4.78, 5) is 15.0. The minimum Gasteiger partial charge on any atom is -0.508 e. The highest BCUT2D eigenvalue weighted by Gasteiger charge is 2.26. The number of aromatic nitrogens is 4. The maximum Gasteiger partial charge on any atom is 0.278 e. The van der Waals surface area contributed by atoms with E-state index in [9.17, 15) is 5.11 Å². The Hall–Kier alpha value is -2.51. The average Bonchev–Trinajstić information content (AvgIpc) is 3.16. The third kappa shape index (κ3) is 3.68. The second-order valence-corrected chi connectivity index (χ2v) is 6.83. The zero-order valence-corrected chi connectivity index (χ0v) is 14.8. The molecule has 1 aliphatic rings. The van der Waals surface area contributed by atoms with E-state index in [-0.39, 0.29) is 11.7 Å². The third-order valence-electron chi connectivity index (χ3n) is 4.53. The van der Waals surface area contributed by atoms with E-state index in [1.807, 2.05) is 0 Å². The number of rotatable bonds is 4. The van der Waals surface area contributed by atoms with Gasteiger partial charge in [-0.1, -0.05) is 16.8 Å². The minimum absolute atomic E-state index is 0.180. The SMILES string of the molecule is Oc1ccc(Cl)cc1CN1CCC[C@@H](c2noc(-c3cnccn3)n2)C1. The van der Waals surface area contributed by atoms with Crippen molar-refractivity contribution in [2.24, 2.45) is 0 Å². The molecule has 1 atom stereocenters. The fourth-order valence-corrected chi connectivity index (χ4v) is 3.44. The number of halogens is 1.